The van der Waals surface area contributed by atoms with Gasteiger partial charge < -0.3 is 15.5 Å². The number of rotatable bonds is 2. The number of hydrogen-bond acceptors (Lipinski definition) is 5. The Kier molecular flexibility index (Phi) is 3.79. The SMILES string of the molecule is Nc1ncc(F)c(N2CCN(c3cccc(Cl)c3)CC2)n1. The molecule has 0 saturated carbocycles. The lowest BCUT2D eigenvalue weighted by Gasteiger charge is -2.36. The topological polar surface area (TPSA) is 58.3 Å². The van der Waals surface area contributed by atoms with Gasteiger partial charge in [0.05, 0.1) is 6.20 Å². The van der Waals surface area contributed by atoms with E-state index in [1.165, 1.54) is 0 Å². The number of piperazine rings is 1. The molecule has 0 bridgehead atoms. The van der Waals surface area contributed by atoms with Gasteiger partial charge in [0.2, 0.25) is 5.95 Å². The molecule has 2 N–H and O–H groups in total. The van der Waals surface area contributed by atoms with E-state index < -0.39 is 5.82 Å². The van der Waals surface area contributed by atoms with Crippen molar-refractivity contribution in [2.75, 3.05) is 41.7 Å². The molecule has 2 heterocycles. The molecule has 0 amide bonds. The smallest absolute Gasteiger partial charge is 0.222 e. The van der Waals surface area contributed by atoms with E-state index in [4.69, 9.17) is 17.3 Å². The fourth-order valence-corrected chi connectivity index (χ4v) is 2.63. The molecule has 1 aliphatic rings. The van der Waals surface area contributed by atoms with Gasteiger partial charge in [0.1, 0.15) is 0 Å². The van der Waals surface area contributed by atoms with Crippen molar-refractivity contribution in [3.8, 4) is 0 Å². The van der Waals surface area contributed by atoms with E-state index in [1.54, 1.807) is 0 Å². The van der Waals surface area contributed by atoms with Gasteiger partial charge in [-0.25, -0.2) is 9.37 Å². The molecule has 1 fully saturated rings. The van der Waals surface area contributed by atoms with E-state index in [0.29, 0.717) is 18.1 Å². The second-order valence-corrected chi connectivity index (χ2v) is 5.29. The largest absolute Gasteiger partial charge is 0.368 e. The maximum atomic E-state index is 13.8. The number of benzene rings is 1. The van der Waals surface area contributed by atoms with Crippen LogP contribution in [0.4, 0.5) is 21.8 Å². The minimum Gasteiger partial charge on any atom is -0.368 e. The third-order valence-corrected chi connectivity index (χ3v) is 3.73. The van der Waals surface area contributed by atoms with Crippen LogP contribution in [0.2, 0.25) is 5.02 Å². The van der Waals surface area contributed by atoms with Crippen molar-refractivity contribution in [2.24, 2.45) is 0 Å². The second-order valence-electron chi connectivity index (χ2n) is 4.85. The zero-order valence-electron chi connectivity index (χ0n) is 11.3. The third kappa shape index (κ3) is 3.00. The molecule has 21 heavy (non-hydrogen) atoms. The average molecular weight is 308 g/mol. The van der Waals surface area contributed by atoms with Gasteiger partial charge in [0.15, 0.2) is 11.6 Å². The Morgan fingerprint density at radius 1 is 1.14 bits per heavy atom. The Labute approximate surface area is 127 Å². The van der Waals surface area contributed by atoms with E-state index in [-0.39, 0.29) is 11.8 Å². The van der Waals surface area contributed by atoms with Crippen molar-refractivity contribution in [3.05, 3.63) is 41.3 Å². The van der Waals surface area contributed by atoms with Gasteiger partial charge in [0.25, 0.3) is 0 Å². The molecule has 0 atom stereocenters. The summed E-state index contributed by atoms with van der Waals surface area (Å²) in [6.45, 7) is 2.87. The van der Waals surface area contributed by atoms with Crippen molar-refractivity contribution in [2.45, 2.75) is 0 Å². The van der Waals surface area contributed by atoms with Crippen molar-refractivity contribution in [1.29, 1.82) is 0 Å². The summed E-state index contributed by atoms with van der Waals surface area (Å²) in [6.07, 6.45) is 1.11. The molecule has 3 rings (SSSR count). The van der Waals surface area contributed by atoms with Crippen LogP contribution in [-0.2, 0) is 0 Å². The van der Waals surface area contributed by atoms with Crippen molar-refractivity contribution < 1.29 is 4.39 Å². The van der Waals surface area contributed by atoms with Crippen molar-refractivity contribution in [3.63, 3.8) is 0 Å². The lowest BCUT2D eigenvalue weighted by molar-refractivity contribution is 0.584. The molecule has 110 valence electrons. The van der Waals surface area contributed by atoms with Crippen LogP contribution >= 0.6 is 11.6 Å². The number of anilines is 3. The Morgan fingerprint density at radius 3 is 2.57 bits per heavy atom. The van der Waals surface area contributed by atoms with Crippen LogP contribution in [0.25, 0.3) is 0 Å². The monoisotopic (exact) mass is 307 g/mol. The molecule has 2 aromatic rings. The summed E-state index contributed by atoms with van der Waals surface area (Å²) in [5.74, 6) is -0.0858. The van der Waals surface area contributed by atoms with Crippen LogP contribution in [0.15, 0.2) is 30.5 Å². The van der Waals surface area contributed by atoms with Gasteiger partial charge in [0, 0.05) is 36.9 Å². The van der Waals surface area contributed by atoms with E-state index in [0.717, 1.165) is 25.0 Å². The molecule has 5 nitrogen and oxygen atoms in total. The fourth-order valence-electron chi connectivity index (χ4n) is 2.44. The zero-order chi connectivity index (χ0) is 14.8. The molecule has 1 aromatic heterocycles. The predicted molar refractivity (Wildman–Crippen MR) is 82.3 cm³/mol. The highest BCUT2D eigenvalue weighted by molar-refractivity contribution is 6.30. The number of halogens is 2. The number of nitrogen functional groups attached to an aromatic ring is 1. The van der Waals surface area contributed by atoms with E-state index in [1.807, 2.05) is 29.2 Å². The Hall–Kier alpha value is -2.08. The highest BCUT2D eigenvalue weighted by Crippen LogP contribution is 2.23. The van der Waals surface area contributed by atoms with Gasteiger partial charge in [-0.2, -0.15) is 4.98 Å². The van der Waals surface area contributed by atoms with Gasteiger partial charge in [-0.3, -0.25) is 0 Å². The van der Waals surface area contributed by atoms with Crippen molar-refractivity contribution >= 4 is 29.1 Å². The first-order valence-corrected chi connectivity index (χ1v) is 7.05. The van der Waals surface area contributed by atoms with Crippen LogP contribution in [0.1, 0.15) is 0 Å². The molecular weight excluding hydrogens is 293 g/mol. The van der Waals surface area contributed by atoms with Gasteiger partial charge in [-0.15, -0.1) is 0 Å². The molecule has 0 unspecified atom stereocenters. The number of aromatic nitrogens is 2. The van der Waals surface area contributed by atoms with E-state index in [9.17, 15) is 4.39 Å². The molecule has 0 radical (unpaired) electrons. The highest BCUT2D eigenvalue weighted by Gasteiger charge is 2.21. The highest BCUT2D eigenvalue weighted by atomic mass is 35.5. The van der Waals surface area contributed by atoms with Gasteiger partial charge >= 0.3 is 0 Å². The molecule has 0 aliphatic carbocycles. The summed E-state index contributed by atoms with van der Waals surface area (Å²) in [5.41, 5.74) is 6.60. The second kappa shape index (κ2) is 5.73. The normalized spacial score (nSPS) is 15.3. The Balaban J connectivity index is 1.72. The van der Waals surface area contributed by atoms with Crippen molar-refractivity contribution in [1.82, 2.24) is 9.97 Å². The summed E-state index contributed by atoms with van der Waals surface area (Å²) < 4.78 is 13.8. The fraction of sp³-hybridized carbons (Fsp3) is 0.286. The summed E-state index contributed by atoms with van der Waals surface area (Å²) in [7, 11) is 0. The van der Waals surface area contributed by atoms with Crippen LogP contribution in [0.5, 0.6) is 0 Å². The molecule has 1 saturated heterocycles. The van der Waals surface area contributed by atoms with Crippen LogP contribution in [0.3, 0.4) is 0 Å². The third-order valence-electron chi connectivity index (χ3n) is 3.50. The quantitative estimate of drug-likeness (QED) is 0.921. The molecule has 0 spiro atoms. The maximum Gasteiger partial charge on any atom is 0.222 e. The molecule has 7 heteroatoms. The molecule has 1 aromatic carbocycles. The standard InChI is InChI=1S/C14H15ClFN5/c15-10-2-1-3-11(8-10)20-4-6-21(7-5-20)13-12(16)9-18-14(17)19-13/h1-3,8-9H,4-7H2,(H2,17,18,19). The Bertz CT molecular complexity index is 643. The Morgan fingerprint density at radius 2 is 1.86 bits per heavy atom. The van der Waals surface area contributed by atoms with Crippen LogP contribution in [0, 0.1) is 5.82 Å². The predicted octanol–water partition coefficient (Wildman–Crippen LogP) is 2.18. The van der Waals surface area contributed by atoms with Crippen LogP contribution < -0.4 is 15.5 Å². The summed E-state index contributed by atoms with van der Waals surface area (Å²) in [6, 6.07) is 7.72. The first kappa shape index (κ1) is 13.9. The van der Waals surface area contributed by atoms with Crippen LogP contribution in [-0.4, -0.2) is 36.1 Å². The van der Waals surface area contributed by atoms with Gasteiger partial charge in [-0.05, 0) is 18.2 Å². The molecular formula is C14H15ClFN5. The lowest BCUT2D eigenvalue weighted by atomic mass is 10.2. The maximum absolute atomic E-state index is 13.8. The number of nitrogens with zero attached hydrogens (tertiary/aromatic N) is 4. The first-order chi connectivity index (χ1) is 10.1. The zero-order valence-corrected chi connectivity index (χ0v) is 12.1. The summed E-state index contributed by atoms with van der Waals surface area (Å²) in [5, 5.41) is 0.713. The summed E-state index contributed by atoms with van der Waals surface area (Å²) in [4.78, 5) is 11.7. The minimum atomic E-state index is -0.444. The number of hydrogen-bond donors (Lipinski definition) is 1. The van der Waals surface area contributed by atoms with E-state index in [2.05, 4.69) is 14.9 Å². The molecule has 1 aliphatic heterocycles. The lowest BCUT2D eigenvalue weighted by Crippen LogP contribution is -2.47. The average Bonchev–Trinajstić information content (AvgIpc) is 2.50. The minimum absolute atomic E-state index is 0.0867. The first-order valence-electron chi connectivity index (χ1n) is 6.67. The van der Waals surface area contributed by atoms with Gasteiger partial charge in [-0.1, -0.05) is 17.7 Å². The van der Waals surface area contributed by atoms with E-state index >= 15 is 0 Å². The number of nitrogens with two attached hydrogens (primary N) is 1. The summed E-state index contributed by atoms with van der Waals surface area (Å²) >= 11 is 6.01.